The van der Waals surface area contributed by atoms with Gasteiger partial charge in [0.2, 0.25) is 10.0 Å². The second-order valence-electron chi connectivity index (χ2n) is 6.25. The maximum absolute atomic E-state index is 12.9. The van der Waals surface area contributed by atoms with E-state index in [-0.39, 0.29) is 16.5 Å². The molecule has 1 amide bonds. The van der Waals surface area contributed by atoms with Crippen LogP contribution in [0.25, 0.3) is 0 Å². The van der Waals surface area contributed by atoms with E-state index in [0.29, 0.717) is 18.7 Å². The first kappa shape index (κ1) is 22.8. The number of benzene rings is 2. The number of anilines is 1. The van der Waals surface area contributed by atoms with Gasteiger partial charge in [0.25, 0.3) is 5.91 Å². The van der Waals surface area contributed by atoms with Crippen LogP contribution in [-0.4, -0.2) is 52.2 Å². The first-order valence-electron chi connectivity index (χ1n) is 8.96. The van der Waals surface area contributed by atoms with Crippen molar-refractivity contribution in [3.63, 3.8) is 0 Å². The molecule has 0 saturated heterocycles. The standard InChI is InChI=1S/C19H23FN2O5S2/c1-3-22(4-2)19(23)15-5-9-17(10-6-15)21-29(26,27)14-13-28(24,25)18-11-7-16(20)8-12-18/h5-12,21H,3-4,13-14H2,1-2H3. The molecule has 0 aromatic heterocycles. The zero-order valence-electron chi connectivity index (χ0n) is 16.1. The Balaban J connectivity index is 2.03. The Labute approximate surface area is 170 Å². The topological polar surface area (TPSA) is 101 Å². The Kier molecular flexibility index (Phi) is 7.37. The third kappa shape index (κ3) is 6.26. The lowest BCUT2D eigenvalue weighted by atomic mass is 10.2. The number of hydrogen-bond acceptors (Lipinski definition) is 5. The van der Waals surface area contributed by atoms with Gasteiger partial charge in [-0.2, -0.15) is 0 Å². The van der Waals surface area contributed by atoms with Crippen LogP contribution in [0.4, 0.5) is 10.1 Å². The van der Waals surface area contributed by atoms with E-state index in [9.17, 15) is 26.0 Å². The summed E-state index contributed by atoms with van der Waals surface area (Å²) in [5.41, 5.74) is 0.649. The molecular formula is C19H23FN2O5S2. The summed E-state index contributed by atoms with van der Waals surface area (Å²) in [6, 6.07) is 10.1. The minimum absolute atomic E-state index is 0.145. The van der Waals surface area contributed by atoms with E-state index < -0.39 is 37.2 Å². The number of nitrogens with one attached hydrogen (secondary N) is 1. The van der Waals surface area contributed by atoms with E-state index in [1.165, 1.54) is 24.3 Å². The Bertz CT molecular complexity index is 1050. The van der Waals surface area contributed by atoms with Gasteiger partial charge in [-0.15, -0.1) is 0 Å². The third-order valence-corrected chi connectivity index (χ3v) is 7.53. The summed E-state index contributed by atoms with van der Waals surface area (Å²) in [4.78, 5) is 13.8. The van der Waals surface area contributed by atoms with E-state index in [0.717, 1.165) is 24.3 Å². The van der Waals surface area contributed by atoms with Crippen molar-refractivity contribution in [1.29, 1.82) is 0 Å². The minimum Gasteiger partial charge on any atom is -0.339 e. The normalized spacial score (nSPS) is 11.8. The van der Waals surface area contributed by atoms with Crippen molar-refractivity contribution in [2.75, 3.05) is 29.3 Å². The van der Waals surface area contributed by atoms with Gasteiger partial charge in [0.05, 0.1) is 16.4 Å². The summed E-state index contributed by atoms with van der Waals surface area (Å²) >= 11 is 0. The molecule has 0 fully saturated rings. The number of sulfonamides is 1. The van der Waals surface area contributed by atoms with E-state index in [2.05, 4.69) is 4.72 Å². The highest BCUT2D eigenvalue weighted by Crippen LogP contribution is 2.15. The van der Waals surface area contributed by atoms with Gasteiger partial charge < -0.3 is 4.90 Å². The molecule has 0 bridgehead atoms. The molecular weight excluding hydrogens is 419 g/mol. The predicted octanol–water partition coefficient (Wildman–Crippen LogP) is 2.52. The molecule has 2 aromatic rings. The molecule has 0 aliphatic rings. The van der Waals surface area contributed by atoms with Gasteiger partial charge >= 0.3 is 0 Å². The van der Waals surface area contributed by atoms with Crippen molar-refractivity contribution in [1.82, 2.24) is 4.90 Å². The first-order chi connectivity index (χ1) is 13.6. The average molecular weight is 443 g/mol. The van der Waals surface area contributed by atoms with Crippen LogP contribution in [-0.2, 0) is 19.9 Å². The van der Waals surface area contributed by atoms with Crippen LogP contribution >= 0.6 is 0 Å². The Morgan fingerprint density at radius 3 is 1.97 bits per heavy atom. The molecule has 0 spiro atoms. The molecule has 0 unspecified atom stereocenters. The molecule has 158 valence electrons. The highest BCUT2D eigenvalue weighted by molar-refractivity contribution is 7.95. The summed E-state index contributed by atoms with van der Waals surface area (Å²) in [5.74, 6) is -2.05. The highest BCUT2D eigenvalue weighted by atomic mass is 32.2. The molecule has 2 aromatic carbocycles. The molecule has 0 aliphatic heterocycles. The van der Waals surface area contributed by atoms with Crippen molar-refractivity contribution in [2.24, 2.45) is 0 Å². The number of rotatable bonds is 9. The summed E-state index contributed by atoms with van der Waals surface area (Å²) in [6.07, 6.45) is 0. The van der Waals surface area contributed by atoms with Gasteiger partial charge in [-0.3, -0.25) is 9.52 Å². The van der Waals surface area contributed by atoms with Crippen LogP contribution < -0.4 is 4.72 Å². The number of nitrogens with zero attached hydrogens (tertiary/aromatic N) is 1. The second kappa shape index (κ2) is 9.36. The zero-order valence-corrected chi connectivity index (χ0v) is 17.8. The monoisotopic (exact) mass is 442 g/mol. The Morgan fingerprint density at radius 1 is 0.897 bits per heavy atom. The molecule has 0 radical (unpaired) electrons. The highest BCUT2D eigenvalue weighted by Gasteiger charge is 2.20. The van der Waals surface area contributed by atoms with Crippen LogP contribution in [0.2, 0.25) is 0 Å². The molecule has 10 heteroatoms. The minimum atomic E-state index is -3.94. The van der Waals surface area contributed by atoms with Gasteiger partial charge in [0.1, 0.15) is 5.82 Å². The fraction of sp³-hybridized carbons (Fsp3) is 0.316. The summed E-state index contributed by atoms with van der Waals surface area (Å²) < 4.78 is 64.2. The quantitative estimate of drug-likeness (QED) is 0.602. The fourth-order valence-electron chi connectivity index (χ4n) is 2.58. The Hall–Kier alpha value is -2.46. The summed E-state index contributed by atoms with van der Waals surface area (Å²) in [6.45, 7) is 4.85. The predicted molar refractivity (Wildman–Crippen MR) is 110 cm³/mol. The molecule has 1 N–H and O–H groups in total. The molecule has 0 heterocycles. The average Bonchev–Trinajstić information content (AvgIpc) is 2.68. The fourth-order valence-corrected chi connectivity index (χ4v) is 5.72. The van der Waals surface area contributed by atoms with Crippen molar-refractivity contribution in [3.05, 3.63) is 59.9 Å². The van der Waals surface area contributed by atoms with E-state index in [4.69, 9.17) is 0 Å². The summed E-state index contributed by atoms with van der Waals surface area (Å²) in [5, 5.41) is 0. The number of halogens is 1. The Morgan fingerprint density at radius 2 is 1.45 bits per heavy atom. The van der Waals surface area contributed by atoms with E-state index >= 15 is 0 Å². The largest absolute Gasteiger partial charge is 0.339 e. The van der Waals surface area contributed by atoms with Gasteiger partial charge in [0.15, 0.2) is 9.84 Å². The van der Waals surface area contributed by atoms with Gasteiger partial charge in [-0.25, -0.2) is 21.2 Å². The van der Waals surface area contributed by atoms with Gasteiger partial charge in [-0.1, -0.05) is 0 Å². The van der Waals surface area contributed by atoms with Crippen molar-refractivity contribution < 1.29 is 26.0 Å². The summed E-state index contributed by atoms with van der Waals surface area (Å²) in [7, 11) is -7.81. The maximum Gasteiger partial charge on any atom is 0.253 e. The molecule has 29 heavy (non-hydrogen) atoms. The van der Waals surface area contributed by atoms with E-state index in [1.807, 2.05) is 13.8 Å². The number of carbonyl (C=O) groups excluding carboxylic acids is 1. The second-order valence-corrected chi connectivity index (χ2v) is 10.2. The van der Waals surface area contributed by atoms with Crippen LogP contribution in [0.3, 0.4) is 0 Å². The van der Waals surface area contributed by atoms with Crippen LogP contribution in [0, 0.1) is 5.82 Å². The molecule has 7 nitrogen and oxygen atoms in total. The maximum atomic E-state index is 12.9. The SMILES string of the molecule is CCN(CC)C(=O)c1ccc(NS(=O)(=O)CCS(=O)(=O)c2ccc(F)cc2)cc1. The molecule has 0 aliphatic carbocycles. The number of hydrogen-bond donors (Lipinski definition) is 1. The third-order valence-electron chi connectivity index (χ3n) is 4.25. The first-order valence-corrected chi connectivity index (χ1v) is 12.3. The number of sulfone groups is 1. The van der Waals surface area contributed by atoms with Gasteiger partial charge in [0, 0.05) is 24.3 Å². The lowest BCUT2D eigenvalue weighted by Crippen LogP contribution is -2.30. The lowest BCUT2D eigenvalue weighted by molar-refractivity contribution is 0.0773. The van der Waals surface area contributed by atoms with Crippen molar-refractivity contribution in [3.8, 4) is 0 Å². The van der Waals surface area contributed by atoms with E-state index in [1.54, 1.807) is 4.90 Å². The lowest BCUT2D eigenvalue weighted by Gasteiger charge is -2.18. The molecule has 2 rings (SSSR count). The van der Waals surface area contributed by atoms with Crippen LogP contribution in [0.15, 0.2) is 53.4 Å². The molecule has 0 saturated carbocycles. The number of carbonyl (C=O) groups is 1. The zero-order chi connectivity index (χ0) is 21.7. The van der Waals surface area contributed by atoms with Crippen molar-refractivity contribution in [2.45, 2.75) is 18.7 Å². The van der Waals surface area contributed by atoms with Gasteiger partial charge in [-0.05, 0) is 62.4 Å². The van der Waals surface area contributed by atoms with Crippen LogP contribution in [0.1, 0.15) is 24.2 Å². The smallest absolute Gasteiger partial charge is 0.253 e. The van der Waals surface area contributed by atoms with Crippen molar-refractivity contribution >= 4 is 31.5 Å². The number of amides is 1. The molecule has 0 atom stereocenters. The van der Waals surface area contributed by atoms with Crippen LogP contribution in [0.5, 0.6) is 0 Å².